The number of carbonyl (C=O) groups excluding carboxylic acids is 1. The van der Waals surface area contributed by atoms with E-state index in [0.717, 1.165) is 5.69 Å². The summed E-state index contributed by atoms with van der Waals surface area (Å²) in [4.78, 5) is 32.8. The maximum absolute atomic E-state index is 13.9. The van der Waals surface area contributed by atoms with Gasteiger partial charge < -0.3 is 4.90 Å². The van der Waals surface area contributed by atoms with Crippen molar-refractivity contribution in [2.75, 3.05) is 4.90 Å². The summed E-state index contributed by atoms with van der Waals surface area (Å²) in [7, 11) is 0. The SMILES string of the molecule is CC(C)Cn1nc(C(=O)N(Cc2ccccn2)c2ccc(Cl)cc2)c2ccccc2c1=O. The van der Waals surface area contributed by atoms with Crippen LogP contribution in [-0.4, -0.2) is 20.7 Å². The molecule has 4 rings (SSSR count). The van der Waals surface area contributed by atoms with E-state index in [4.69, 9.17) is 11.6 Å². The van der Waals surface area contributed by atoms with Gasteiger partial charge in [-0.2, -0.15) is 5.10 Å². The zero-order valence-corrected chi connectivity index (χ0v) is 18.7. The number of hydrogen-bond acceptors (Lipinski definition) is 4. The van der Waals surface area contributed by atoms with Crippen molar-refractivity contribution in [1.82, 2.24) is 14.8 Å². The van der Waals surface area contributed by atoms with Crippen molar-refractivity contribution in [3.63, 3.8) is 0 Å². The molecule has 0 N–H and O–H groups in total. The van der Waals surface area contributed by atoms with Crippen molar-refractivity contribution in [3.8, 4) is 0 Å². The molecule has 0 aliphatic heterocycles. The van der Waals surface area contributed by atoms with Crippen molar-refractivity contribution in [2.24, 2.45) is 5.92 Å². The topological polar surface area (TPSA) is 68.1 Å². The first-order valence-electron chi connectivity index (χ1n) is 10.4. The quantitative estimate of drug-likeness (QED) is 0.420. The highest BCUT2D eigenvalue weighted by Gasteiger charge is 2.24. The van der Waals surface area contributed by atoms with Gasteiger partial charge in [0.05, 0.1) is 17.6 Å². The molecule has 0 unspecified atom stereocenters. The Balaban J connectivity index is 1.87. The van der Waals surface area contributed by atoms with E-state index in [-0.39, 0.29) is 29.6 Å². The molecule has 32 heavy (non-hydrogen) atoms. The normalized spacial score (nSPS) is 11.1. The molecule has 2 aromatic heterocycles. The highest BCUT2D eigenvalue weighted by atomic mass is 35.5. The molecule has 0 saturated heterocycles. The smallest absolute Gasteiger partial charge is 0.279 e. The average molecular weight is 447 g/mol. The maximum atomic E-state index is 13.9. The van der Waals surface area contributed by atoms with Crippen molar-refractivity contribution < 1.29 is 4.79 Å². The summed E-state index contributed by atoms with van der Waals surface area (Å²) < 4.78 is 1.39. The van der Waals surface area contributed by atoms with Gasteiger partial charge in [0.25, 0.3) is 11.5 Å². The van der Waals surface area contributed by atoms with E-state index in [1.807, 2.05) is 32.0 Å². The van der Waals surface area contributed by atoms with Gasteiger partial charge in [-0.15, -0.1) is 0 Å². The minimum Gasteiger partial charge on any atom is -0.301 e. The molecule has 0 spiro atoms. The van der Waals surface area contributed by atoms with E-state index >= 15 is 0 Å². The van der Waals surface area contributed by atoms with E-state index in [1.165, 1.54) is 4.68 Å². The molecule has 7 heteroatoms. The molecule has 6 nitrogen and oxygen atoms in total. The van der Waals surface area contributed by atoms with Crippen LogP contribution in [0.25, 0.3) is 10.8 Å². The lowest BCUT2D eigenvalue weighted by Gasteiger charge is -2.23. The van der Waals surface area contributed by atoms with Crippen molar-refractivity contribution >= 4 is 34.0 Å². The van der Waals surface area contributed by atoms with Gasteiger partial charge in [0.1, 0.15) is 0 Å². The molecule has 1 amide bonds. The molecule has 2 heterocycles. The van der Waals surface area contributed by atoms with E-state index < -0.39 is 0 Å². The Labute approximate surface area is 191 Å². The Morgan fingerprint density at radius 2 is 1.69 bits per heavy atom. The molecular formula is C25H23ClN4O2. The highest BCUT2D eigenvalue weighted by Crippen LogP contribution is 2.24. The van der Waals surface area contributed by atoms with Crippen molar-refractivity contribution in [1.29, 1.82) is 0 Å². The highest BCUT2D eigenvalue weighted by molar-refractivity contribution is 6.30. The fourth-order valence-electron chi connectivity index (χ4n) is 3.55. The Morgan fingerprint density at radius 3 is 2.34 bits per heavy atom. The molecule has 0 atom stereocenters. The van der Waals surface area contributed by atoms with Gasteiger partial charge in [-0.05, 0) is 48.4 Å². The van der Waals surface area contributed by atoms with Crippen molar-refractivity contribution in [2.45, 2.75) is 26.9 Å². The second-order valence-corrected chi connectivity index (χ2v) is 8.40. The number of fused-ring (bicyclic) bond motifs is 1. The van der Waals surface area contributed by atoms with Gasteiger partial charge in [-0.25, -0.2) is 4.68 Å². The maximum Gasteiger partial charge on any atom is 0.279 e. The van der Waals surface area contributed by atoms with Crippen LogP contribution in [0.5, 0.6) is 0 Å². The Morgan fingerprint density at radius 1 is 1.00 bits per heavy atom. The summed E-state index contributed by atoms with van der Waals surface area (Å²) in [6.07, 6.45) is 1.69. The number of halogens is 1. The molecule has 0 radical (unpaired) electrons. The van der Waals surface area contributed by atoms with Crippen LogP contribution in [0, 0.1) is 5.92 Å². The van der Waals surface area contributed by atoms with Crippen LogP contribution in [0.15, 0.2) is 77.7 Å². The Kier molecular flexibility index (Phi) is 6.32. The first kappa shape index (κ1) is 21.7. The Bertz CT molecular complexity index is 1300. The number of amides is 1. The van der Waals surface area contributed by atoms with Gasteiger partial charge >= 0.3 is 0 Å². The fourth-order valence-corrected chi connectivity index (χ4v) is 3.67. The minimum absolute atomic E-state index is 0.199. The molecule has 4 aromatic rings. The molecule has 162 valence electrons. The molecule has 0 fully saturated rings. The fraction of sp³-hybridized carbons (Fsp3) is 0.200. The summed E-state index contributed by atoms with van der Waals surface area (Å²) in [5.41, 5.74) is 1.42. The first-order chi connectivity index (χ1) is 15.4. The first-order valence-corrected chi connectivity index (χ1v) is 10.8. The predicted molar refractivity (Wildman–Crippen MR) is 127 cm³/mol. The number of nitrogens with zero attached hydrogens (tertiary/aromatic N) is 4. The third-order valence-corrected chi connectivity index (χ3v) is 5.29. The average Bonchev–Trinajstić information content (AvgIpc) is 2.80. The number of anilines is 1. The third kappa shape index (κ3) is 4.55. The van der Waals surface area contributed by atoms with E-state index in [1.54, 1.807) is 59.6 Å². The predicted octanol–water partition coefficient (Wildman–Crippen LogP) is 4.95. The summed E-state index contributed by atoms with van der Waals surface area (Å²) in [6.45, 7) is 4.68. The zero-order chi connectivity index (χ0) is 22.7. The molecule has 0 aliphatic carbocycles. The molecule has 0 saturated carbocycles. The number of carbonyl (C=O) groups is 1. The van der Waals surface area contributed by atoms with Crippen LogP contribution in [0.3, 0.4) is 0 Å². The van der Waals surface area contributed by atoms with Gasteiger partial charge in [0.15, 0.2) is 5.69 Å². The van der Waals surface area contributed by atoms with Gasteiger partial charge in [0.2, 0.25) is 0 Å². The Hall–Kier alpha value is -3.51. The van der Waals surface area contributed by atoms with Gasteiger partial charge in [-0.3, -0.25) is 14.6 Å². The largest absolute Gasteiger partial charge is 0.301 e. The molecule has 0 bridgehead atoms. The lowest BCUT2D eigenvalue weighted by Crippen LogP contribution is -2.35. The van der Waals surface area contributed by atoms with Crippen molar-refractivity contribution in [3.05, 3.63) is 99.7 Å². The van der Waals surface area contributed by atoms with E-state index in [9.17, 15) is 9.59 Å². The van der Waals surface area contributed by atoms with Crippen LogP contribution >= 0.6 is 11.6 Å². The van der Waals surface area contributed by atoms with Crippen LogP contribution in [-0.2, 0) is 13.1 Å². The van der Waals surface area contributed by atoms with Gasteiger partial charge in [-0.1, -0.05) is 49.7 Å². The second kappa shape index (κ2) is 9.32. The summed E-state index contributed by atoms with van der Waals surface area (Å²) in [5, 5.41) is 6.09. The monoisotopic (exact) mass is 446 g/mol. The van der Waals surface area contributed by atoms with Crippen LogP contribution in [0.1, 0.15) is 30.0 Å². The lowest BCUT2D eigenvalue weighted by atomic mass is 10.1. The second-order valence-electron chi connectivity index (χ2n) is 7.96. The van der Waals surface area contributed by atoms with E-state index in [2.05, 4.69) is 10.1 Å². The third-order valence-electron chi connectivity index (χ3n) is 5.04. The summed E-state index contributed by atoms with van der Waals surface area (Å²) in [6, 6.07) is 19.7. The van der Waals surface area contributed by atoms with Gasteiger partial charge in [0, 0.05) is 28.8 Å². The molecule has 0 aliphatic rings. The number of benzene rings is 2. The number of aromatic nitrogens is 3. The van der Waals surface area contributed by atoms with Crippen LogP contribution < -0.4 is 10.5 Å². The zero-order valence-electron chi connectivity index (χ0n) is 17.9. The summed E-state index contributed by atoms with van der Waals surface area (Å²) in [5.74, 6) is -0.114. The number of rotatable bonds is 6. The number of hydrogen-bond donors (Lipinski definition) is 0. The van der Waals surface area contributed by atoms with Crippen LogP contribution in [0.2, 0.25) is 5.02 Å². The minimum atomic E-state index is -0.313. The number of pyridine rings is 1. The van der Waals surface area contributed by atoms with Crippen LogP contribution in [0.4, 0.5) is 5.69 Å². The standard InChI is InChI=1S/C25H23ClN4O2/c1-17(2)15-30-24(31)22-9-4-3-8-21(22)23(28-30)25(32)29(16-19-7-5-6-14-27-19)20-12-10-18(26)11-13-20/h3-14,17H,15-16H2,1-2H3. The lowest BCUT2D eigenvalue weighted by molar-refractivity contribution is 0.0979. The molecular weight excluding hydrogens is 424 g/mol. The summed E-state index contributed by atoms with van der Waals surface area (Å²) >= 11 is 6.07. The molecule has 2 aromatic carbocycles. The van der Waals surface area contributed by atoms with E-state index in [0.29, 0.717) is 28.0 Å².